The molecule has 2 aliphatic rings. The Labute approximate surface area is 321 Å². The number of nitrogens with one attached hydrogen (secondary N) is 2. The third kappa shape index (κ3) is 8.56. The minimum Gasteiger partial charge on any atom is -0.493 e. The molecule has 55 heavy (non-hydrogen) atoms. The van der Waals surface area contributed by atoms with Crippen molar-refractivity contribution in [1.29, 1.82) is 0 Å². The highest BCUT2D eigenvalue weighted by Crippen LogP contribution is 2.46. The third-order valence-corrected chi connectivity index (χ3v) is 9.60. The number of methoxy groups -OCH3 is 6. The highest BCUT2D eigenvalue weighted by atomic mass is 16.6. The molecule has 2 aliphatic heterocycles. The first kappa shape index (κ1) is 38.7. The average molecular weight is 756 g/mol. The Bertz CT molecular complexity index is 1990. The second-order valence-corrected chi connectivity index (χ2v) is 13.1. The van der Waals surface area contributed by atoms with Crippen LogP contribution < -0.4 is 48.5 Å². The highest BCUT2D eigenvalue weighted by molar-refractivity contribution is 6.03. The summed E-state index contributed by atoms with van der Waals surface area (Å²) in [4.78, 5) is 18.7. The molecular formula is C42H49N3O10. The number of amides is 1. The second-order valence-electron chi connectivity index (χ2n) is 13.1. The zero-order chi connectivity index (χ0) is 38.9. The van der Waals surface area contributed by atoms with Crippen LogP contribution in [0.5, 0.6) is 46.0 Å². The zero-order valence-corrected chi connectivity index (χ0v) is 32.4. The molecule has 0 spiro atoms. The van der Waals surface area contributed by atoms with E-state index in [2.05, 4.69) is 15.8 Å². The van der Waals surface area contributed by atoms with E-state index in [1.54, 1.807) is 42.7 Å². The molecule has 0 aliphatic carbocycles. The van der Waals surface area contributed by atoms with Gasteiger partial charge in [-0.05, 0) is 86.7 Å². The summed E-state index contributed by atoms with van der Waals surface area (Å²) < 4.78 is 46.0. The number of rotatable bonds is 18. The van der Waals surface area contributed by atoms with E-state index in [0.717, 1.165) is 59.3 Å². The lowest BCUT2D eigenvalue weighted by Crippen LogP contribution is -2.38. The van der Waals surface area contributed by atoms with Crippen LogP contribution in [0, 0.1) is 6.92 Å². The molecule has 0 radical (unpaired) electrons. The second kappa shape index (κ2) is 17.9. The largest absolute Gasteiger partial charge is 0.493 e. The van der Waals surface area contributed by atoms with E-state index in [1.165, 1.54) is 0 Å². The number of unbranched alkanes of at least 4 members (excludes halogenated alkanes) is 3. The number of fused-ring (bicyclic) bond motifs is 1. The van der Waals surface area contributed by atoms with Crippen LogP contribution in [0.25, 0.3) is 0 Å². The Hall–Kier alpha value is -5.98. The number of hydrogen-bond donors (Lipinski definition) is 2. The molecule has 0 saturated heterocycles. The zero-order valence-electron chi connectivity index (χ0n) is 32.4. The molecule has 0 fully saturated rings. The Morgan fingerprint density at radius 2 is 1.33 bits per heavy atom. The van der Waals surface area contributed by atoms with Crippen LogP contribution in [0.15, 0.2) is 65.8 Å². The van der Waals surface area contributed by atoms with Gasteiger partial charge in [0, 0.05) is 23.2 Å². The van der Waals surface area contributed by atoms with Crippen LogP contribution in [-0.2, 0) is 4.84 Å². The van der Waals surface area contributed by atoms with Crippen molar-refractivity contribution in [2.75, 3.05) is 61.2 Å². The maximum absolute atomic E-state index is 12.8. The number of ether oxygens (including phenoxy) is 8. The topological polar surface area (TPSA) is 137 Å². The molecule has 0 aromatic heterocycles. The van der Waals surface area contributed by atoms with Gasteiger partial charge in [-0.1, -0.05) is 22.9 Å². The fraction of sp³-hybridized carbons (Fsp3) is 0.381. The lowest BCUT2D eigenvalue weighted by molar-refractivity contribution is 0.0831. The van der Waals surface area contributed by atoms with Gasteiger partial charge >= 0.3 is 0 Å². The van der Waals surface area contributed by atoms with Crippen molar-refractivity contribution >= 4 is 17.3 Å². The van der Waals surface area contributed by atoms with Crippen molar-refractivity contribution in [3.8, 4) is 46.0 Å². The van der Waals surface area contributed by atoms with Crippen molar-refractivity contribution in [3.63, 3.8) is 0 Å². The summed E-state index contributed by atoms with van der Waals surface area (Å²) in [5.74, 6) is 4.35. The minimum atomic E-state index is -0.404. The Morgan fingerprint density at radius 1 is 0.655 bits per heavy atom. The Balaban J connectivity index is 0.987. The quantitative estimate of drug-likeness (QED) is 0.0964. The predicted molar refractivity (Wildman–Crippen MR) is 208 cm³/mol. The van der Waals surface area contributed by atoms with Gasteiger partial charge in [0.2, 0.25) is 11.5 Å². The maximum atomic E-state index is 12.8. The molecule has 2 atom stereocenters. The fourth-order valence-electron chi connectivity index (χ4n) is 6.72. The molecule has 292 valence electrons. The van der Waals surface area contributed by atoms with Crippen molar-refractivity contribution < 1.29 is 47.5 Å². The number of nitrogens with zero attached hydrogens (tertiary/aromatic N) is 1. The average Bonchev–Trinajstić information content (AvgIpc) is 3.71. The predicted octanol–water partition coefficient (Wildman–Crippen LogP) is 7.78. The summed E-state index contributed by atoms with van der Waals surface area (Å²) in [7, 11) is 9.54. The summed E-state index contributed by atoms with van der Waals surface area (Å²) in [6.07, 6.45) is 3.28. The molecule has 6 rings (SSSR count). The smallest absolute Gasteiger partial charge is 0.255 e. The summed E-state index contributed by atoms with van der Waals surface area (Å²) in [6.45, 7) is 2.97. The van der Waals surface area contributed by atoms with Gasteiger partial charge in [-0.2, -0.15) is 0 Å². The number of aryl methyl sites for hydroxylation is 1. The number of hydrogen-bond acceptors (Lipinski definition) is 12. The van der Waals surface area contributed by atoms with Crippen LogP contribution in [0.1, 0.15) is 77.0 Å². The molecule has 13 nitrogen and oxygen atoms in total. The summed E-state index contributed by atoms with van der Waals surface area (Å²) in [6, 6.07) is 19.0. The van der Waals surface area contributed by atoms with Crippen molar-refractivity contribution in [2.45, 2.75) is 51.3 Å². The Morgan fingerprint density at radius 3 is 2.00 bits per heavy atom. The van der Waals surface area contributed by atoms with E-state index >= 15 is 0 Å². The molecule has 4 aromatic rings. The lowest BCUT2D eigenvalue weighted by atomic mass is 9.98. The number of carbonyl (C=O) groups is 1. The molecular weight excluding hydrogens is 706 g/mol. The van der Waals surface area contributed by atoms with Gasteiger partial charge in [-0.3, -0.25) is 4.79 Å². The summed E-state index contributed by atoms with van der Waals surface area (Å²) in [5.41, 5.74) is 5.67. The molecule has 2 N–H and O–H groups in total. The van der Waals surface area contributed by atoms with Crippen LogP contribution in [0.3, 0.4) is 0 Å². The first-order valence-corrected chi connectivity index (χ1v) is 18.2. The van der Waals surface area contributed by atoms with Crippen LogP contribution in [0.4, 0.5) is 5.69 Å². The highest BCUT2D eigenvalue weighted by Gasteiger charge is 2.31. The van der Waals surface area contributed by atoms with Crippen molar-refractivity contribution in [3.05, 3.63) is 88.5 Å². The molecule has 13 heteroatoms. The van der Waals surface area contributed by atoms with E-state index in [9.17, 15) is 4.79 Å². The van der Waals surface area contributed by atoms with E-state index < -0.39 is 6.10 Å². The number of benzene rings is 4. The van der Waals surface area contributed by atoms with Gasteiger partial charge in [-0.15, -0.1) is 0 Å². The molecule has 0 saturated carbocycles. The fourth-order valence-corrected chi connectivity index (χ4v) is 6.72. The first-order chi connectivity index (χ1) is 26.8. The number of oxime groups is 1. The van der Waals surface area contributed by atoms with Crippen molar-refractivity contribution in [1.82, 2.24) is 5.32 Å². The van der Waals surface area contributed by atoms with E-state index in [-0.39, 0.29) is 12.1 Å². The molecule has 2 unspecified atom stereocenters. The van der Waals surface area contributed by atoms with E-state index in [1.807, 2.05) is 67.6 Å². The summed E-state index contributed by atoms with van der Waals surface area (Å²) >= 11 is 0. The van der Waals surface area contributed by atoms with Gasteiger partial charge in [0.05, 0.1) is 67.1 Å². The van der Waals surface area contributed by atoms with Crippen molar-refractivity contribution in [2.24, 2.45) is 5.16 Å². The minimum absolute atomic E-state index is 0.114. The standard InChI is InChI=1S/C42H49N3O10/c1-25-12-15-30-29(20-25)42(46)44-41(43-30)26-13-16-32(35(21-26)48-3)53-18-10-8-9-11-19-54-40-33(47-2)17-14-28(38(40)51-6)34-24-31(45-55-34)27-22-36(49-4)39(52-7)37(23-27)50-5/h12-17,20-23,34,41,43H,8-11,18-19,24H2,1-7H3,(H,44,46). The maximum Gasteiger partial charge on any atom is 0.255 e. The SMILES string of the molecule is COc1cc(C2NC(=O)c3cc(C)ccc3N2)ccc1OCCCCCCOc1c(OC)ccc(C2CC(c3cc(OC)c(OC)c(OC)c3)=NO2)c1OC. The first-order valence-electron chi connectivity index (χ1n) is 18.2. The third-order valence-electron chi connectivity index (χ3n) is 9.60. The molecule has 2 heterocycles. The van der Waals surface area contributed by atoms with Crippen LogP contribution in [-0.4, -0.2) is 67.5 Å². The van der Waals surface area contributed by atoms with E-state index in [0.29, 0.717) is 71.2 Å². The van der Waals surface area contributed by atoms with Crippen LogP contribution in [0.2, 0.25) is 0 Å². The monoisotopic (exact) mass is 755 g/mol. The van der Waals surface area contributed by atoms with Gasteiger partial charge < -0.3 is 53.4 Å². The van der Waals surface area contributed by atoms with Gasteiger partial charge in [0.25, 0.3) is 5.91 Å². The number of anilines is 1. The number of carbonyl (C=O) groups excluding carboxylic acids is 1. The van der Waals surface area contributed by atoms with E-state index in [4.69, 9.17) is 42.7 Å². The summed E-state index contributed by atoms with van der Waals surface area (Å²) in [5, 5.41) is 10.8. The normalized spacial score (nSPS) is 15.8. The lowest BCUT2D eigenvalue weighted by Gasteiger charge is -2.28. The van der Waals surface area contributed by atoms with Crippen LogP contribution >= 0.6 is 0 Å². The van der Waals surface area contributed by atoms with Gasteiger partial charge in [0.15, 0.2) is 40.6 Å². The van der Waals surface area contributed by atoms with Gasteiger partial charge in [-0.25, -0.2) is 0 Å². The molecule has 0 bridgehead atoms. The Kier molecular flexibility index (Phi) is 12.6. The molecule has 1 amide bonds. The van der Waals surface area contributed by atoms with Gasteiger partial charge in [0.1, 0.15) is 6.17 Å². The molecule has 4 aromatic carbocycles.